The second kappa shape index (κ2) is 4.58. The van der Waals surface area contributed by atoms with Gasteiger partial charge >= 0.3 is 5.97 Å². The van der Waals surface area contributed by atoms with Crippen LogP contribution in [0.5, 0.6) is 0 Å². The maximum absolute atomic E-state index is 10.6. The van der Waals surface area contributed by atoms with Gasteiger partial charge in [0, 0.05) is 0 Å². The van der Waals surface area contributed by atoms with Crippen LogP contribution < -0.4 is 5.73 Å². The first-order valence-corrected chi connectivity index (χ1v) is 4.33. The van der Waals surface area contributed by atoms with Gasteiger partial charge in [0.1, 0.15) is 6.04 Å². The Kier molecular flexibility index (Phi) is 3.42. The van der Waals surface area contributed by atoms with E-state index in [9.17, 15) is 4.79 Å². The largest absolute Gasteiger partial charge is 0.480 e. The third-order valence-corrected chi connectivity index (χ3v) is 1.98. The molecule has 0 amide bonds. The Morgan fingerprint density at radius 3 is 2.50 bits per heavy atom. The predicted molar refractivity (Wildman–Crippen MR) is 54.9 cm³/mol. The SMILES string of the molecule is C=CCc1ccc(C(N)C(=O)O)cc1. The molecule has 3 nitrogen and oxygen atoms in total. The average molecular weight is 191 g/mol. The van der Waals surface area contributed by atoms with Crippen molar-refractivity contribution in [3.8, 4) is 0 Å². The minimum Gasteiger partial charge on any atom is -0.480 e. The van der Waals surface area contributed by atoms with Crippen molar-refractivity contribution >= 4 is 5.97 Å². The fourth-order valence-electron chi connectivity index (χ4n) is 1.17. The molecule has 0 spiro atoms. The first-order valence-electron chi connectivity index (χ1n) is 4.33. The summed E-state index contributed by atoms with van der Waals surface area (Å²) in [5.41, 5.74) is 7.16. The number of carbonyl (C=O) groups is 1. The lowest BCUT2D eigenvalue weighted by Crippen LogP contribution is -2.20. The number of aliphatic carboxylic acids is 1. The number of benzene rings is 1. The van der Waals surface area contributed by atoms with E-state index in [1.165, 1.54) is 0 Å². The van der Waals surface area contributed by atoms with E-state index in [4.69, 9.17) is 10.8 Å². The molecular weight excluding hydrogens is 178 g/mol. The average Bonchev–Trinajstić information content (AvgIpc) is 2.18. The minimum atomic E-state index is -1.01. The van der Waals surface area contributed by atoms with Crippen LogP contribution in [0, 0.1) is 0 Å². The highest BCUT2D eigenvalue weighted by Gasteiger charge is 2.13. The van der Waals surface area contributed by atoms with Gasteiger partial charge in [-0.1, -0.05) is 30.3 Å². The number of allylic oxidation sites excluding steroid dienone is 1. The van der Waals surface area contributed by atoms with Gasteiger partial charge in [0.25, 0.3) is 0 Å². The highest BCUT2D eigenvalue weighted by Crippen LogP contribution is 2.12. The smallest absolute Gasteiger partial charge is 0.325 e. The molecule has 1 aromatic carbocycles. The quantitative estimate of drug-likeness (QED) is 0.709. The molecule has 74 valence electrons. The van der Waals surface area contributed by atoms with Gasteiger partial charge in [0.05, 0.1) is 0 Å². The van der Waals surface area contributed by atoms with Crippen LogP contribution in [0.3, 0.4) is 0 Å². The van der Waals surface area contributed by atoms with Crippen molar-refractivity contribution in [2.24, 2.45) is 5.73 Å². The second-order valence-electron chi connectivity index (χ2n) is 3.05. The molecular formula is C11H13NO2. The van der Waals surface area contributed by atoms with Crippen molar-refractivity contribution in [2.75, 3.05) is 0 Å². The lowest BCUT2D eigenvalue weighted by Gasteiger charge is -2.06. The van der Waals surface area contributed by atoms with Crippen molar-refractivity contribution in [3.63, 3.8) is 0 Å². The van der Waals surface area contributed by atoms with Gasteiger partial charge in [-0.25, -0.2) is 0 Å². The van der Waals surface area contributed by atoms with Gasteiger partial charge in [-0.05, 0) is 17.5 Å². The Labute approximate surface area is 82.9 Å². The summed E-state index contributed by atoms with van der Waals surface area (Å²) >= 11 is 0. The maximum atomic E-state index is 10.6. The van der Waals surface area contributed by atoms with Gasteiger partial charge in [-0.2, -0.15) is 0 Å². The number of carboxylic acid groups (broad SMARTS) is 1. The number of nitrogens with two attached hydrogens (primary N) is 1. The Morgan fingerprint density at radius 2 is 2.07 bits per heavy atom. The van der Waals surface area contributed by atoms with Crippen LogP contribution in [0.25, 0.3) is 0 Å². The summed E-state index contributed by atoms with van der Waals surface area (Å²) in [5.74, 6) is -1.01. The van der Waals surface area contributed by atoms with E-state index in [2.05, 4.69) is 6.58 Å². The Hall–Kier alpha value is -1.61. The first kappa shape index (κ1) is 10.5. The van der Waals surface area contributed by atoms with Gasteiger partial charge in [0.2, 0.25) is 0 Å². The Balaban J connectivity index is 2.82. The monoisotopic (exact) mass is 191 g/mol. The summed E-state index contributed by atoms with van der Waals surface area (Å²) in [6.45, 7) is 3.62. The molecule has 0 bridgehead atoms. The molecule has 0 radical (unpaired) electrons. The summed E-state index contributed by atoms with van der Waals surface area (Å²) in [4.78, 5) is 10.6. The van der Waals surface area contributed by atoms with Crippen molar-refractivity contribution < 1.29 is 9.90 Å². The molecule has 0 aliphatic carbocycles. The first-order chi connectivity index (χ1) is 6.65. The molecule has 0 saturated heterocycles. The fraction of sp³-hybridized carbons (Fsp3) is 0.182. The van der Waals surface area contributed by atoms with E-state index in [1.807, 2.05) is 12.1 Å². The lowest BCUT2D eigenvalue weighted by atomic mass is 10.0. The molecule has 0 aromatic heterocycles. The third kappa shape index (κ3) is 2.44. The Morgan fingerprint density at radius 1 is 1.50 bits per heavy atom. The minimum absolute atomic E-state index is 0.616. The standard InChI is InChI=1S/C11H13NO2/c1-2-3-8-4-6-9(7-5-8)10(12)11(13)14/h2,4-7,10H,1,3,12H2,(H,13,14). The number of carboxylic acids is 1. The normalized spacial score (nSPS) is 12.1. The topological polar surface area (TPSA) is 63.3 Å². The zero-order chi connectivity index (χ0) is 10.6. The highest BCUT2D eigenvalue weighted by molar-refractivity contribution is 5.75. The molecule has 14 heavy (non-hydrogen) atoms. The molecule has 3 N–H and O–H groups in total. The molecule has 0 aliphatic heterocycles. The number of rotatable bonds is 4. The van der Waals surface area contributed by atoms with Crippen molar-refractivity contribution in [3.05, 3.63) is 48.0 Å². The van der Waals surface area contributed by atoms with E-state index >= 15 is 0 Å². The summed E-state index contributed by atoms with van der Waals surface area (Å²) < 4.78 is 0. The van der Waals surface area contributed by atoms with Gasteiger partial charge in [-0.3, -0.25) is 4.79 Å². The molecule has 0 heterocycles. The van der Waals surface area contributed by atoms with Crippen LogP contribution in [0.4, 0.5) is 0 Å². The van der Waals surface area contributed by atoms with Crippen LogP contribution in [0.2, 0.25) is 0 Å². The van der Waals surface area contributed by atoms with Gasteiger partial charge in [0.15, 0.2) is 0 Å². The van der Waals surface area contributed by atoms with Crippen LogP contribution in [-0.2, 0) is 11.2 Å². The van der Waals surface area contributed by atoms with E-state index in [-0.39, 0.29) is 0 Å². The summed E-state index contributed by atoms with van der Waals surface area (Å²) in [5, 5.41) is 8.67. The molecule has 1 rings (SSSR count). The molecule has 0 fully saturated rings. The molecule has 3 heteroatoms. The third-order valence-electron chi connectivity index (χ3n) is 1.98. The van der Waals surface area contributed by atoms with Crippen molar-refractivity contribution in [1.82, 2.24) is 0 Å². The van der Waals surface area contributed by atoms with Crippen LogP contribution in [0.1, 0.15) is 17.2 Å². The van der Waals surface area contributed by atoms with Crippen molar-refractivity contribution in [2.45, 2.75) is 12.5 Å². The van der Waals surface area contributed by atoms with E-state index in [1.54, 1.807) is 18.2 Å². The highest BCUT2D eigenvalue weighted by atomic mass is 16.4. The summed E-state index contributed by atoms with van der Waals surface area (Å²) in [6.07, 6.45) is 2.58. The fourth-order valence-corrected chi connectivity index (χ4v) is 1.17. The Bertz CT molecular complexity index is 330. The lowest BCUT2D eigenvalue weighted by molar-refractivity contribution is -0.138. The van der Waals surface area contributed by atoms with E-state index < -0.39 is 12.0 Å². The number of hydrogen-bond acceptors (Lipinski definition) is 2. The van der Waals surface area contributed by atoms with Crippen LogP contribution in [-0.4, -0.2) is 11.1 Å². The predicted octanol–water partition coefficient (Wildman–Crippen LogP) is 1.50. The maximum Gasteiger partial charge on any atom is 0.325 e. The molecule has 1 aromatic rings. The van der Waals surface area contributed by atoms with Gasteiger partial charge in [-0.15, -0.1) is 6.58 Å². The number of hydrogen-bond donors (Lipinski definition) is 2. The molecule has 0 saturated carbocycles. The zero-order valence-corrected chi connectivity index (χ0v) is 7.81. The summed E-state index contributed by atoms with van der Waals surface area (Å²) in [7, 11) is 0. The zero-order valence-electron chi connectivity index (χ0n) is 7.81. The second-order valence-corrected chi connectivity index (χ2v) is 3.05. The van der Waals surface area contributed by atoms with Gasteiger partial charge < -0.3 is 10.8 Å². The van der Waals surface area contributed by atoms with E-state index in [0.717, 1.165) is 12.0 Å². The molecule has 1 atom stereocenters. The summed E-state index contributed by atoms with van der Waals surface area (Å²) in [6, 6.07) is 6.25. The molecule has 1 unspecified atom stereocenters. The van der Waals surface area contributed by atoms with Crippen LogP contribution in [0.15, 0.2) is 36.9 Å². The molecule has 0 aliphatic rings. The van der Waals surface area contributed by atoms with Crippen LogP contribution >= 0.6 is 0 Å². The van der Waals surface area contributed by atoms with Crippen molar-refractivity contribution in [1.29, 1.82) is 0 Å². The van der Waals surface area contributed by atoms with E-state index in [0.29, 0.717) is 5.56 Å².